The molecule has 1 amide bonds. The molecule has 0 aromatic carbocycles. The second-order valence-electron chi connectivity index (χ2n) is 8.74. The number of nitriles is 1. The summed E-state index contributed by atoms with van der Waals surface area (Å²) in [4.78, 5) is 31.0. The molecule has 0 bridgehead atoms. The number of ether oxygens (including phenoxy) is 1. The summed E-state index contributed by atoms with van der Waals surface area (Å²) in [7, 11) is 1.64. The minimum Gasteiger partial charge on any atom is -0.385 e. The predicted octanol–water partition coefficient (Wildman–Crippen LogP) is 4.45. The van der Waals surface area contributed by atoms with E-state index in [4.69, 9.17) is 17.0 Å². The second kappa shape index (κ2) is 12.5. The normalized spacial score (nSPS) is 18.0. The molecule has 7 nitrogen and oxygen atoms in total. The third-order valence-electron chi connectivity index (χ3n) is 6.37. The highest BCUT2D eigenvalue weighted by Crippen LogP contribution is 2.36. The number of anilines is 1. The lowest BCUT2D eigenvalue weighted by molar-refractivity contribution is -0.122. The summed E-state index contributed by atoms with van der Waals surface area (Å²) in [6, 6.07) is 2.13. The zero-order chi connectivity index (χ0) is 24.7. The summed E-state index contributed by atoms with van der Waals surface area (Å²) in [5, 5.41) is 9.83. The number of amides is 1. The van der Waals surface area contributed by atoms with E-state index in [0.29, 0.717) is 40.9 Å². The lowest BCUT2D eigenvalue weighted by Crippen LogP contribution is -2.35. The maximum atomic E-state index is 13.4. The Morgan fingerprint density at radius 3 is 2.47 bits per heavy atom. The Bertz CT molecular complexity index is 1050. The summed E-state index contributed by atoms with van der Waals surface area (Å²) in [5.74, 6) is 0.707. The van der Waals surface area contributed by atoms with Crippen LogP contribution in [0.1, 0.15) is 68.6 Å². The van der Waals surface area contributed by atoms with Crippen LogP contribution in [0.25, 0.3) is 6.08 Å². The molecular formula is C25H34N4O3S2. The highest BCUT2D eigenvalue weighted by Gasteiger charge is 2.33. The van der Waals surface area contributed by atoms with Crippen LogP contribution >= 0.6 is 24.0 Å². The van der Waals surface area contributed by atoms with E-state index in [-0.39, 0.29) is 17.0 Å². The average molecular weight is 503 g/mol. The van der Waals surface area contributed by atoms with E-state index in [1.54, 1.807) is 16.6 Å². The van der Waals surface area contributed by atoms with Gasteiger partial charge in [0.15, 0.2) is 0 Å². The molecule has 0 saturated carbocycles. The Morgan fingerprint density at radius 2 is 1.85 bits per heavy atom. The molecule has 0 radical (unpaired) electrons. The number of thioether (sulfide) groups is 1. The van der Waals surface area contributed by atoms with Gasteiger partial charge in [0.05, 0.1) is 4.91 Å². The smallest absolute Gasteiger partial charge is 0.270 e. The molecule has 1 aromatic heterocycles. The van der Waals surface area contributed by atoms with E-state index in [0.717, 1.165) is 50.2 Å². The number of carbonyl (C=O) groups excluding carboxylic acids is 1. The fourth-order valence-corrected chi connectivity index (χ4v) is 5.77. The van der Waals surface area contributed by atoms with Crippen LogP contribution in [0.3, 0.4) is 0 Å². The molecule has 2 fully saturated rings. The van der Waals surface area contributed by atoms with Crippen LogP contribution in [0.5, 0.6) is 0 Å². The molecular weight excluding hydrogens is 468 g/mol. The zero-order valence-electron chi connectivity index (χ0n) is 20.4. The quantitative estimate of drug-likeness (QED) is 0.280. The highest BCUT2D eigenvalue weighted by atomic mass is 32.2. The molecule has 0 aliphatic carbocycles. The summed E-state index contributed by atoms with van der Waals surface area (Å²) in [6.45, 7) is 7.23. The summed E-state index contributed by atoms with van der Waals surface area (Å²) < 4.78 is 7.41. The van der Waals surface area contributed by atoms with Crippen LogP contribution in [0.2, 0.25) is 0 Å². The number of hydrogen-bond donors (Lipinski definition) is 0. The van der Waals surface area contributed by atoms with Gasteiger partial charge < -0.3 is 9.64 Å². The van der Waals surface area contributed by atoms with E-state index in [2.05, 4.69) is 17.9 Å². The Hall–Kier alpha value is -2.15. The van der Waals surface area contributed by atoms with Gasteiger partial charge in [0, 0.05) is 45.5 Å². The van der Waals surface area contributed by atoms with Crippen molar-refractivity contribution in [2.45, 2.75) is 65.3 Å². The van der Waals surface area contributed by atoms with Gasteiger partial charge in [-0.15, -0.1) is 0 Å². The molecule has 2 aliphatic heterocycles. The van der Waals surface area contributed by atoms with Crippen LogP contribution in [-0.2, 0) is 16.1 Å². The molecule has 184 valence electrons. The lowest BCUT2D eigenvalue weighted by Gasteiger charge is -2.29. The first-order valence-corrected chi connectivity index (χ1v) is 13.3. The number of methoxy groups -OCH3 is 1. The van der Waals surface area contributed by atoms with Crippen molar-refractivity contribution in [3.8, 4) is 6.07 Å². The first-order chi connectivity index (χ1) is 16.4. The van der Waals surface area contributed by atoms with Gasteiger partial charge in [-0.25, -0.2) is 0 Å². The number of hydrogen-bond acceptors (Lipinski definition) is 7. The van der Waals surface area contributed by atoms with Crippen molar-refractivity contribution >= 4 is 46.1 Å². The molecule has 0 N–H and O–H groups in total. The van der Waals surface area contributed by atoms with Crippen molar-refractivity contribution in [1.82, 2.24) is 9.47 Å². The first-order valence-electron chi connectivity index (χ1n) is 12.1. The maximum Gasteiger partial charge on any atom is 0.270 e. The highest BCUT2D eigenvalue weighted by molar-refractivity contribution is 8.26. The number of unbranched alkanes of at least 4 members (excludes halogenated alkanes) is 1. The lowest BCUT2D eigenvalue weighted by atomic mass is 10.0. The Kier molecular flexibility index (Phi) is 9.74. The number of nitrogens with zero attached hydrogens (tertiary/aromatic N) is 4. The van der Waals surface area contributed by atoms with Crippen molar-refractivity contribution < 1.29 is 9.53 Å². The van der Waals surface area contributed by atoms with Gasteiger partial charge in [-0.1, -0.05) is 50.2 Å². The van der Waals surface area contributed by atoms with E-state index < -0.39 is 0 Å². The largest absolute Gasteiger partial charge is 0.385 e. The van der Waals surface area contributed by atoms with Gasteiger partial charge >= 0.3 is 0 Å². The molecule has 0 atom stereocenters. The van der Waals surface area contributed by atoms with E-state index in [9.17, 15) is 14.9 Å². The minimum atomic E-state index is -0.239. The van der Waals surface area contributed by atoms with Crippen LogP contribution in [0, 0.1) is 18.3 Å². The van der Waals surface area contributed by atoms with Crippen LogP contribution in [0.15, 0.2) is 9.70 Å². The standard InChI is InChI=1S/C25H34N4O3S2/c1-4-5-13-28-22(27-11-8-6-7-9-12-27)19(18(2)20(17-26)23(28)30)16-21-24(31)29(25(33)34-21)14-10-15-32-3/h16H,4-15H2,1-3H3. The maximum absolute atomic E-state index is 13.4. The molecule has 3 heterocycles. The monoisotopic (exact) mass is 502 g/mol. The predicted molar refractivity (Wildman–Crippen MR) is 142 cm³/mol. The Balaban J connectivity index is 2.15. The second-order valence-corrected chi connectivity index (χ2v) is 10.4. The summed E-state index contributed by atoms with van der Waals surface area (Å²) in [6.07, 6.45) is 8.79. The number of carbonyl (C=O) groups is 1. The van der Waals surface area contributed by atoms with Crippen molar-refractivity contribution in [3.63, 3.8) is 0 Å². The molecule has 0 unspecified atom stereocenters. The number of thiocarbonyl (C=S) groups is 1. The minimum absolute atomic E-state index is 0.128. The molecule has 2 saturated heterocycles. The van der Waals surface area contributed by atoms with Crippen molar-refractivity contribution in [1.29, 1.82) is 5.26 Å². The summed E-state index contributed by atoms with van der Waals surface area (Å²) in [5.41, 5.74) is 1.32. The summed E-state index contributed by atoms with van der Waals surface area (Å²) >= 11 is 6.77. The van der Waals surface area contributed by atoms with Crippen molar-refractivity contribution in [2.75, 3.05) is 38.3 Å². The topological polar surface area (TPSA) is 78.6 Å². The first kappa shape index (κ1) is 26.5. The van der Waals surface area contributed by atoms with E-state index in [1.165, 1.54) is 24.6 Å². The van der Waals surface area contributed by atoms with Gasteiger partial charge in [-0.3, -0.25) is 19.1 Å². The molecule has 9 heteroatoms. The molecule has 1 aromatic rings. The van der Waals surface area contributed by atoms with Gasteiger partial charge in [-0.2, -0.15) is 5.26 Å². The van der Waals surface area contributed by atoms with Crippen molar-refractivity contribution in [3.05, 3.63) is 31.9 Å². The Morgan fingerprint density at radius 1 is 1.15 bits per heavy atom. The average Bonchev–Trinajstić information content (AvgIpc) is 3.00. The number of aromatic nitrogens is 1. The molecule has 2 aliphatic rings. The fourth-order valence-electron chi connectivity index (χ4n) is 4.48. The molecule has 3 rings (SSSR count). The molecule has 34 heavy (non-hydrogen) atoms. The van der Waals surface area contributed by atoms with E-state index >= 15 is 0 Å². The number of pyridine rings is 1. The van der Waals surface area contributed by atoms with Crippen molar-refractivity contribution in [2.24, 2.45) is 0 Å². The van der Waals surface area contributed by atoms with Crippen LogP contribution < -0.4 is 10.5 Å². The van der Waals surface area contributed by atoms with E-state index in [1.807, 2.05) is 13.0 Å². The molecule has 0 spiro atoms. The zero-order valence-corrected chi connectivity index (χ0v) is 22.0. The van der Waals surface area contributed by atoms with Crippen LogP contribution in [0.4, 0.5) is 5.82 Å². The van der Waals surface area contributed by atoms with Gasteiger partial charge in [0.2, 0.25) is 0 Å². The van der Waals surface area contributed by atoms with Gasteiger partial charge in [0.25, 0.3) is 11.5 Å². The van der Waals surface area contributed by atoms with Gasteiger partial charge in [0.1, 0.15) is 21.8 Å². The Labute approximate surface area is 211 Å². The fraction of sp³-hybridized carbons (Fsp3) is 0.600. The SMILES string of the molecule is CCCCn1c(N2CCCCCC2)c(C=C2SC(=S)N(CCCOC)C2=O)c(C)c(C#N)c1=O. The van der Waals surface area contributed by atoms with Crippen LogP contribution in [-0.4, -0.2) is 53.0 Å². The third kappa shape index (κ3) is 5.73. The third-order valence-corrected chi connectivity index (χ3v) is 7.74. The van der Waals surface area contributed by atoms with Gasteiger partial charge in [-0.05, 0) is 44.2 Å². The number of rotatable bonds is 9.